The van der Waals surface area contributed by atoms with E-state index < -0.39 is 0 Å². The number of hydrogen-bond donors (Lipinski definition) is 1. The number of nitrogens with zero attached hydrogens (tertiary/aromatic N) is 1. The minimum atomic E-state index is 0.0154. The van der Waals surface area contributed by atoms with Crippen molar-refractivity contribution < 1.29 is 4.79 Å². The minimum Gasteiger partial charge on any atom is -0.323 e. The lowest BCUT2D eigenvalue weighted by molar-refractivity contribution is -0.134. The van der Waals surface area contributed by atoms with Gasteiger partial charge in [0, 0.05) is 6.04 Å². The van der Waals surface area contributed by atoms with Gasteiger partial charge in [-0.25, -0.2) is 0 Å². The van der Waals surface area contributed by atoms with Crippen LogP contribution in [-0.2, 0) is 4.79 Å². The van der Waals surface area contributed by atoms with Crippen molar-refractivity contribution in [2.75, 3.05) is 0 Å². The molecule has 1 heterocycles. The molecule has 5 unspecified atom stereocenters. The predicted molar refractivity (Wildman–Crippen MR) is 87.8 cm³/mol. The molecule has 5 atom stereocenters. The van der Waals surface area contributed by atoms with E-state index in [0.29, 0.717) is 29.7 Å². The van der Waals surface area contributed by atoms with Crippen molar-refractivity contribution in [1.29, 1.82) is 0 Å². The number of rotatable bonds is 5. The second-order valence-electron chi connectivity index (χ2n) is 7.95. The van der Waals surface area contributed by atoms with Gasteiger partial charge in [0.05, 0.1) is 12.2 Å². The van der Waals surface area contributed by atoms with Crippen LogP contribution in [0.2, 0.25) is 0 Å². The van der Waals surface area contributed by atoms with E-state index in [2.05, 4.69) is 51.8 Å². The van der Waals surface area contributed by atoms with Crippen LogP contribution in [0.25, 0.3) is 0 Å². The Morgan fingerprint density at radius 3 is 2.38 bits per heavy atom. The van der Waals surface area contributed by atoms with E-state index in [1.54, 1.807) is 0 Å². The van der Waals surface area contributed by atoms with E-state index in [0.717, 1.165) is 12.3 Å². The molecular formula is C18H34N2O. The summed E-state index contributed by atoms with van der Waals surface area (Å²) in [5.74, 6) is 2.77. The van der Waals surface area contributed by atoms with E-state index in [4.69, 9.17) is 0 Å². The van der Waals surface area contributed by atoms with Gasteiger partial charge in [-0.05, 0) is 42.9 Å². The molecule has 0 bridgehead atoms. The van der Waals surface area contributed by atoms with Crippen LogP contribution in [0, 0.1) is 23.7 Å². The fourth-order valence-corrected chi connectivity index (χ4v) is 4.37. The highest BCUT2D eigenvalue weighted by atomic mass is 16.2. The maximum atomic E-state index is 12.9. The van der Waals surface area contributed by atoms with Crippen LogP contribution in [0.5, 0.6) is 0 Å². The Kier molecular flexibility index (Phi) is 5.34. The Morgan fingerprint density at radius 1 is 1.24 bits per heavy atom. The van der Waals surface area contributed by atoms with Crippen molar-refractivity contribution in [1.82, 2.24) is 10.2 Å². The number of carbonyl (C=O) groups excluding carboxylic acids is 1. The lowest BCUT2D eigenvalue weighted by Gasteiger charge is -2.34. The Morgan fingerprint density at radius 2 is 1.90 bits per heavy atom. The molecule has 1 aliphatic heterocycles. The molecule has 3 heteroatoms. The highest BCUT2D eigenvalue weighted by Gasteiger charge is 2.47. The summed E-state index contributed by atoms with van der Waals surface area (Å²) in [6.07, 6.45) is 5.03. The zero-order valence-electron chi connectivity index (χ0n) is 14.7. The zero-order valence-corrected chi connectivity index (χ0v) is 14.7. The molecule has 122 valence electrons. The lowest BCUT2D eigenvalue weighted by atomic mass is 9.92. The number of hydrogen-bond acceptors (Lipinski definition) is 2. The normalized spacial score (nSPS) is 37.2. The monoisotopic (exact) mass is 294 g/mol. The third kappa shape index (κ3) is 3.28. The molecular weight excluding hydrogens is 260 g/mol. The first-order chi connectivity index (χ1) is 9.86. The van der Waals surface area contributed by atoms with E-state index in [9.17, 15) is 4.79 Å². The summed E-state index contributed by atoms with van der Waals surface area (Å²) in [7, 11) is 0. The zero-order chi connectivity index (χ0) is 15.7. The molecule has 3 nitrogen and oxygen atoms in total. The molecule has 1 aliphatic carbocycles. The van der Waals surface area contributed by atoms with Gasteiger partial charge in [-0.2, -0.15) is 0 Å². The molecule has 1 N–H and O–H groups in total. The third-order valence-electron chi connectivity index (χ3n) is 5.65. The minimum absolute atomic E-state index is 0.0154. The van der Waals surface area contributed by atoms with Gasteiger partial charge >= 0.3 is 0 Å². The van der Waals surface area contributed by atoms with Crippen LogP contribution >= 0.6 is 0 Å². The summed E-state index contributed by atoms with van der Waals surface area (Å²) in [5.41, 5.74) is 0. The molecule has 2 rings (SSSR count). The van der Waals surface area contributed by atoms with Crippen molar-refractivity contribution in [3.8, 4) is 0 Å². The summed E-state index contributed by atoms with van der Waals surface area (Å²) in [4.78, 5) is 15.2. The molecule has 0 aromatic heterocycles. The van der Waals surface area contributed by atoms with Gasteiger partial charge in [-0.15, -0.1) is 0 Å². The van der Waals surface area contributed by atoms with Crippen molar-refractivity contribution in [2.45, 2.75) is 85.5 Å². The van der Waals surface area contributed by atoms with E-state index in [1.807, 2.05) is 0 Å². The highest BCUT2D eigenvalue weighted by Crippen LogP contribution is 2.39. The van der Waals surface area contributed by atoms with Crippen molar-refractivity contribution in [3.63, 3.8) is 0 Å². The molecule has 1 saturated heterocycles. The van der Waals surface area contributed by atoms with Crippen molar-refractivity contribution >= 4 is 5.91 Å². The molecule has 2 aliphatic rings. The molecule has 1 saturated carbocycles. The molecule has 0 aromatic carbocycles. The molecule has 1 amide bonds. The van der Waals surface area contributed by atoms with E-state index >= 15 is 0 Å². The number of amides is 1. The van der Waals surface area contributed by atoms with Gasteiger partial charge in [0.25, 0.3) is 0 Å². The van der Waals surface area contributed by atoms with Gasteiger partial charge in [-0.3, -0.25) is 10.1 Å². The van der Waals surface area contributed by atoms with Crippen LogP contribution in [0.3, 0.4) is 0 Å². The maximum absolute atomic E-state index is 12.9. The van der Waals surface area contributed by atoms with Gasteiger partial charge in [-0.1, -0.05) is 48.0 Å². The largest absolute Gasteiger partial charge is 0.323 e. The smallest absolute Gasteiger partial charge is 0.241 e. The second-order valence-corrected chi connectivity index (χ2v) is 7.95. The SMILES string of the molecule is CCC1CCC(N2C(=O)C(C(C)C)NC2CC(C)C)C1C. The van der Waals surface area contributed by atoms with Gasteiger partial charge in [0.15, 0.2) is 0 Å². The highest BCUT2D eigenvalue weighted by molar-refractivity contribution is 5.85. The van der Waals surface area contributed by atoms with E-state index in [-0.39, 0.29) is 12.2 Å². The first kappa shape index (κ1) is 16.8. The second kappa shape index (κ2) is 6.68. The predicted octanol–water partition coefficient (Wildman–Crippen LogP) is 3.64. The Labute approximate surface area is 130 Å². The standard InChI is InChI=1S/C18H34N2O/c1-7-14-8-9-15(13(14)6)20-16(10-11(2)3)19-17(12(4)5)18(20)21/h11-17,19H,7-10H2,1-6H3. The summed E-state index contributed by atoms with van der Waals surface area (Å²) < 4.78 is 0. The van der Waals surface area contributed by atoms with Gasteiger partial charge in [0.1, 0.15) is 0 Å². The molecule has 0 radical (unpaired) electrons. The number of nitrogens with one attached hydrogen (secondary N) is 1. The maximum Gasteiger partial charge on any atom is 0.241 e. The molecule has 0 spiro atoms. The summed E-state index contributed by atoms with van der Waals surface area (Å²) in [6, 6.07) is 0.462. The quantitative estimate of drug-likeness (QED) is 0.839. The van der Waals surface area contributed by atoms with Crippen LogP contribution in [0.4, 0.5) is 0 Å². The fourth-order valence-electron chi connectivity index (χ4n) is 4.37. The summed E-state index contributed by atoms with van der Waals surface area (Å²) in [5, 5.41) is 3.63. The van der Waals surface area contributed by atoms with Gasteiger partial charge < -0.3 is 4.90 Å². The molecule has 21 heavy (non-hydrogen) atoms. The lowest BCUT2D eigenvalue weighted by Crippen LogP contribution is -2.47. The molecule has 0 aromatic rings. The van der Waals surface area contributed by atoms with Crippen LogP contribution in [0.15, 0.2) is 0 Å². The summed E-state index contributed by atoms with van der Waals surface area (Å²) >= 11 is 0. The van der Waals surface area contributed by atoms with Gasteiger partial charge in [0.2, 0.25) is 5.91 Å². The average Bonchev–Trinajstić information content (AvgIpc) is 2.90. The Bertz CT molecular complexity index is 366. The average molecular weight is 294 g/mol. The van der Waals surface area contributed by atoms with Crippen molar-refractivity contribution in [2.24, 2.45) is 23.7 Å². The van der Waals surface area contributed by atoms with Crippen LogP contribution in [-0.4, -0.2) is 29.1 Å². The topological polar surface area (TPSA) is 32.3 Å². The Balaban J connectivity index is 2.18. The third-order valence-corrected chi connectivity index (χ3v) is 5.65. The summed E-state index contributed by atoms with van der Waals surface area (Å²) in [6.45, 7) is 13.4. The van der Waals surface area contributed by atoms with Crippen LogP contribution in [0.1, 0.15) is 67.2 Å². The number of carbonyl (C=O) groups is 1. The van der Waals surface area contributed by atoms with Crippen molar-refractivity contribution in [3.05, 3.63) is 0 Å². The van der Waals surface area contributed by atoms with E-state index in [1.165, 1.54) is 19.3 Å². The fraction of sp³-hybridized carbons (Fsp3) is 0.944. The first-order valence-electron chi connectivity index (χ1n) is 8.95. The molecule has 2 fully saturated rings. The first-order valence-corrected chi connectivity index (χ1v) is 8.95. The Hall–Kier alpha value is -0.570. The van der Waals surface area contributed by atoms with Crippen LogP contribution < -0.4 is 5.32 Å².